The molecule has 4 amide bonds. The summed E-state index contributed by atoms with van der Waals surface area (Å²) < 4.78 is 0. The van der Waals surface area contributed by atoms with Crippen LogP contribution in [0.1, 0.15) is 35.0 Å². The summed E-state index contributed by atoms with van der Waals surface area (Å²) in [5.41, 5.74) is 1.65. The van der Waals surface area contributed by atoms with Crippen molar-refractivity contribution in [1.29, 1.82) is 0 Å². The van der Waals surface area contributed by atoms with Gasteiger partial charge in [0.1, 0.15) is 5.54 Å². The lowest BCUT2D eigenvalue weighted by Gasteiger charge is -2.22. The predicted octanol–water partition coefficient (Wildman–Crippen LogP) is 2.21. The number of hydrogen-bond acceptors (Lipinski definition) is 5. The molecule has 134 valence electrons. The molecule has 7 nitrogen and oxygen atoms in total. The van der Waals surface area contributed by atoms with E-state index in [4.69, 9.17) is 0 Å². The summed E-state index contributed by atoms with van der Waals surface area (Å²) in [6.45, 7) is 1.58. The fraction of sp³-hybridized carbons (Fsp3) is 0.222. The largest absolute Gasteiger partial charge is 0.344 e. The van der Waals surface area contributed by atoms with Gasteiger partial charge in [-0.1, -0.05) is 36.4 Å². The smallest absolute Gasteiger partial charge is 0.318 e. The summed E-state index contributed by atoms with van der Waals surface area (Å²) in [6, 6.07) is 11.5. The highest BCUT2D eigenvalue weighted by atomic mass is 32.1. The Morgan fingerprint density at radius 2 is 1.85 bits per heavy atom. The maximum atomic E-state index is 12.7. The summed E-state index contributed by atoms with van der Waals surface area (Å²) in [7, 11) is 0. The van der Waals surface area contributed by atoms with E-state index in [1.807, 2.05) is 0 Å². The van der Waals surface area contributed by atoms with Crippen LogP contribution in [0, 0.1) is 0 Å². The molecule has 1 aromatic carbocycles. The molecule has 1 fully saturated rings. The van der Waals surface area contributed by atoms with Gasteiger partial charge in [-0.3, -0.25) is 19.8 Å². The quantitative estimate of drug-likeness (QED) is 0.601. The van der Waals surface area contributed by atoms with E-state index in [1.54, 1.807) is 54.8 Å². The number of hydrogen-bond donors (Lipinski definition) is 2. The highest BCUT2D eigenvalue weighted by Crippen LogP contribution is 2.27. The molecule has 0 unspecified atom stereocenters. The Kier molecular flexibility index (Phi) is 4.85. The Balaban J connectivity index is 1.63. The first-order valence-corrected chi connectivity index (χ1v) is 8.88. The number of urea groups is 1. The fourth-order valence-electron chi connectivity index (χ4n) is 2.68. The van der Waals surface area contributed by atoms with Crippen molar-refractivity contribution in [3.8, 4) is 0 Å². The predicted molar refractivity (Wildman–Crippen MR) is 95.2 cm³/mol. The molecule has 0 aliphatic carbocycles. The minimum Gasteiger partial charge on any atom is -0.318 e. The molecule has 3 rings (SSSR count). The molecule has 0 saturated carbocycles. The van der Waals surface area contributed by atoms with Gasteiger partial charge in [-0.2, -0.15) is 5.01 Å². The maximum absolute atomic E-state index is 12.7. The molecule has 1 aliphatic heterocycles. The molecule has 1 saturated heterocycles. The van der Waals surface area contributed by atoms with Crippen LogP contribution in [0.15, 0.2) is 47.8 Å². The van der Waals surface area contributed by atoms with Gasteiger partial charge < -0.3 is 5.32 Å². The molecule has 0 spiro atoms. The molecule has 2 heterocycles. The number of amides is 4. The molecular weight excluding hydrogens is 354 g/mol. The van der Waals surface area contributed by atoms with Crippen LogP contribution in [0.3, 0.4) is 0 Å². The van der Waals surface area contributed by atoms with Gasteiger partial charge in [0.15, 0.2) is 5.78 Å². The molecule has 1 aromatic heterocycles. The lowest BCUT2D eigenvalue weighted by molar-refractivity contribution is -0.138. The topological polar surface area (TPSA) is 95.6 Å². The third-order valence-electron chi connectivity index (χ3n) is 4.15. The second-order valence-corrected chi connectivity index (χ2v) is 6.94. The van der Waals surface area contributed by atoms with Crippen LogP contribution in [-0.2, 0) is 15.1 Å². The molecule has 2 N–H and O–H groups in total. The zero-order valence-electron chi connectivity index (χ0n) is 14.0. The van der Waals surface area contributed by atoms with Gasteiger partial charge in [-0.05, 0) is 23.9 Å². The van der Waals surface area contributed by atoms with E-state index in [1.165, 1.54) is 11.3 Å². The number of rotatable bonds is 6. The molecule has 1 aliphatic rings. The van der Waals surface area contributed by atoms with E-state index in [-0.39, 0.29) is 18.6 Å². The first-order valence-electron chi connectivity index (χ1n) is 8.00. The number of nitrogens with one attached hydrogen (secondary N) is 2. The van der Waals surface area contributed by atoms with Crippen molar-refractivity contribution in [3.05, 3.63) is 58.3 Å². The molecule has 26 heavy (non-hydrogen) atoms. The summed E-state index contributed by atoms with van der Waals surface area (Å²) in [6.07, 6.45) is -0.109. The third-order valence-corrected chi connectivity index (χ3v) is 5.06. The average molecular weight is 371 g/mol. The van der Waals surface area contributed by atoms with Gasteiger partial charge in [-0.25, -0.2) is 4.79 Å². The van der Waals surface area contributed by atoms with Crippen molar-refractivity contribution in [2.75, 3.05) is 0 Å². The highest BCUT2D eigenvalue weighted by Gasteiger charge is 2.49. The number of benzene rings is 1. The van der Waals surface area contributed by atoms with Crippen molar-refractivity contribution in [2.24, 2.45) is 0 Å². The molecular formula is C18H17N3O4S. The summed E-state index contributed by atoms with van der Waals surface area (Å²) >= 11 is 1.30. The Labute approximate surface area is 154 Å². The Morgan fingerprint density at radius 3 is 2.50 bits per heavy atom. The summed E-state index contributed by atoms with van der Waals surface area (Å²) in [5, 5.41) is 5.05. The molecule has 0 radical (unpaired) electrons. The number of hydrazine groups is 1. The van der Waals surface area contributed by atoms with Gasteiger partial charge in [0, 0.05) is 12.8 Å². The van der Waals surface area contributed by atoms with Crippen molar-refractivity contribution in [3.63, 3.8) is 0 Å². The van der Waals surface area contributed by atoms with E-state index < -0.39 is 23.4 Å². The average Bonchev–Trinajstić information content (AvgIpc) is 3.25. The lowest BCUT2D eigenvalue weighted by Crippen LogP contribution is -2.47. The van der Waals surface area contributed by atoms with Crippen LogP contribution in [0.25, 0.3) is 0 Å². The van der Waals surface area contributed by atoms with Gasteiger partial charge in [-0.15, -0.1) is 11.3 Å². The van der Waals surface area contributed by atoms with Crippen molar-refractivity contribution >= 4 is 35.0 Å². The Hall–Kier alpha value is -3.00. The number of carbonyl (C=O) groups excluding carboxylic acids is 4. The van der Waals surface area contributed by atoms with Gasteiger partial charge in [0.2, 0.25) is 5.91 Å². The standard InChI is InChI=1S/C18H17N3O4S/c1-18(12-6-3-2-4-7-12)16(24)21(17(25)19-18)20-15(23)10-9-13(22)14-8-5-11-26-14/h2-8,11H,9-10H2,1H3,(H,19,25)(H,20,23)/t18-/m1/s1. The Morgan fingerprint density at radius 1 is 1.12 bits per heavy atom. The SMILES string of the molecule is C[C@]1(c2ccccc2)NC(=O)N(NC(=O)CCC(=O)c2cccs2)C1=O. The van der Waals surface area contributed by atoms with E-state index >= 15 is 0 Å². The number of carbonyl (C=O) groups is 4. The Bertz CT molecular complexity index is 851. The van der Waals surface area contributed by atoms with E-state index in [2.05, 4.69) is 10.7 Å². The van der Waals surface area contributed by atoms with Crippen LogP contribution in [-0.4, -0.2) is 28.6 Å². The minimum atomic E-state index is -1.25. The second-order valence-electron chi connectivity index (χ2n) is 6.00. The number of imide groups is 1. The highest BCUT2D eigenvalue weighted by molar-refractivity contribution is 7.12. The van der Waals surface area contributed by atoms with E-state index in [0.29, 0.717) is 15.4 Å². The van der Waals surface area contributed by atoms with Crippen LogP contribution in [0.2, 0.25) is 0 Å². The number of nitrogens with zero attached hydrogens (tertiary/aromatic N) is 1. The van der Waals surface area contributed by atoms with Crippen molar-refractivity contribution < 1.29 is 19.2 Å². The van der Waals surface area contributed by atoms with Crippen LogP contribution in [0.4, 0.5) is 4.79 Å². The van der Waals surface area contributed by atoms with E-state index in [0.717, 1.165) is 0 Å². The van der Waals surface area contributed by atoms with Crippen LogP contribution < -0.4 is 10.7 Å². The van der Waals surface area contributed by atoms with Gasteiger partial charge in [0.05, 0.1) is 4.88 Å². The second kappa shape index (κ2) is 7.09. The van der Waals surface area contributed by atoms with Crippen molar-refractivity contribution in [1.82, 2.24) is 15.8 Å². The first-order chi connectivity index (χ1) is 12.4. The van der Waals surface area contributed by atoms with Gasteiger partial charge >= 0.3 is 6.03 Å². The maximum Gasteiger partial charge on any atom is 0.344 e. The minimum absolute atomic E-state index is 0.00590. The zero-order chi connectivity index (χ0) is 18.7. The van der Waals surface area contributed by atoms with Crippen molar-refractivity contribution in [2.45, 2.75) is 25.3 Å². The van der Waals surface area contributed by atoms with Crippen LogP contribution in [0.5, 0.6) is 0 Å². The monoisotopic (exact) mass is 371 g/mol. The molecule has 8 heteroatoms. The summed E-state index contributed by atoms with van der Waals surface area (Å²) in [4.78, 5) is 49.4. The number of Topliss-reactive ketones (excluding diaryl/α,β-unsaturated/α-hetero) is 1. The summed E-state index contributed by atoms with van der Waals surface area (Å²) in [5.74, 6) is -1.30. The number of ketones is 1. The lowest BCUT2D eigenvalue weighted by atomic mass is 9.92. The van der Waals surface area contributed by atoms with Gasteiger partial charge in [0.25, 0.3) is 5.91 Å². The molecule has 0 bridgehead atoms. The molecule has 1 atom stereocenters. The molecule has 2 aromatic rings. The fourth-order valence-corrected chi connectivity index (χ4v) is 3.37. The first kappa shape index (κ1) is 17.8. The number of thiophene rings is 1. The third kappa shape index (κ3) is 3.36. The van der Waals surface area contributed by atoms with Crippen LogP contribution >= 0.6 is 11.3 Å². The zero-order valence-corrected chi connectivity index (χ0v) is 14.8. The normalized spacial score (nSPS) is 19.3. The van der Waals surface area contributed by atoms with E-state index in [9.17, 15) is 19.2 Å².